The average molecular weight is 340 g/mol. The van der Waals surface area contributed by atoms with Crippen LogP contribution in [0.4, 0.5) is 13.2 Å². The summed E-state index contributed by atoms with van der Waals surface area (Å²) in [6, 6.07) is 9.55. The molecule has 0 spiro atoms. The van der Waals surface area contributed by atoms with E-state index in [9.17, 15) is 18.0 Å². The molecule has 1 saturated heterocycles. The van der Waals surface area contributed by atoms with Gasteiger partial charge in [-0.15, -0.1) is 5.10 Å². The third-order valence-corrected chi connectivity index (χ3v) is 3.70. The standard InChI is InChI=1S/C15H15F3N4O2/c16-15(17,18)14-20-12(21-22-14)8-19-13(23)11-7-6-10(24-11)9-4-2-1-3-5-9/h1-5,10-11H,6-8H2,(H,19,23)(H,20,21,22)/t10-,11+/m0/s1. The number of hydrogen-bond acceptors (Lipinski definition) is 4. The fraction of sp³-hybridized carbons (Fsp3) is 0.400. The van der Waals surface area contributed by atoms with Gasteiger partial charge in [-0.2, -0.15) is 13.2 Å². The van der Waals surface area contributed by atoms with Gasteiger partial charge < -0.3 is 10.1 Å². The first kappa shape index (κ1) is 16.4. The molecule has 1 aliphatic rings. The van der Waals surface area contributed by atoms with Crippen LogP contribution in [0.5, 0.6) is 0 Å². The van der Waals surface area contributed by atoms with Crippen molar-refractivity contribution in [2.24, 2.45) is 0 Å². The van der Waals surface area contributed by atoms with Crippen molar-refractivity contribution in [1.29, 1.82) is 0 Å². The van der Waals surface area contributed by atoms with E-state index in [4.69, 9.17) is 4.74 Å². The first-order valence-electron chi connectivity index (χ1n) is 7.40. The summed E-state index contributed by atoms with van der Waals surface area (Å²) in [5.41, 5.74) is 0.998. The Morgan fingerprint density at radius 1 is 1.29 bits per heavy atom. The Balaban J connectivity index is 1.52. The van der Waals surface area contributed by atoms with Crippen molar-refractivity contribution < 1.29 is 22.7 Å². The van der Waals surface area contributed by atoms with E-state index >= 15 is 0 Å². The fourth-order valence-corrected chi connectivity index (χ4v) is 2.53. The second kappa shape index (κ2) is 6.60. The molecule has 1 aromatic carbocycles. The molecular weight excluding hydrogens is 325 g/mol. The molecule has 0 radical (unpaired) electrons. The lowest BCUT2D eigenvalue weighted by atomic mass is 10.1. The number of amides is 1. The van der Waals surface area contributed by atoms with Crippen molar-refractivity contribution in [3.63, 3.8) is 0 Å². The highest BCUT2D eigenvalue weighted by Crippen LogP contribution is 2.32. The van der Waals surface area contributed by atoms with Crippen LogP contribution in [0.15, 0.2) is 30.3 Å². The molecule has 9 heteroatoms. The number of carbonyl (C=O) groups is 1. The third kappa shape index (κ3) is 3.73. The Labute approximate surface area is 135 Å². The molecule has 128 valence electrons. The third-order valence-electron chi connectivity index (χ3n) is 3.70. The fourth-order valence-electron chi connectivity index (χ4n) is 2.53. The van der Waals surface area contributed by atoms with Crippen LogP contribution >= 0.6 is 0 Å². The molecule has 2 heterocycles. The number of ether oxygens (including phenoxy) is 1. The monoisotopic (exact) mass is 340 g/mol. The van der Waals surface area contributed by atoms with Crippen LogP contribution in [0.25, 0.3) is 0 Å². The van der Waals surface area contributed by atoms with Crippen LogP contribution in [-0.4, -0.2) is 27.2 Å². The van der Waals surface area contributed by atoms with Crippen molar-refractivity contribution in [1.82, 2.24) is 20.5 Å². The number of nitrogens with one attached hydrogen (secondary N) is 2. The number of aromatic amines is 1. The van der Waals surface area contributed by atoms with Crippen LogP contribution in [0.1, 0.15) is 36.2 Å². The van der Waals surface area contributed by atoms with Crippen LogP contribution in [0, 0.1) is 0 Å². The summed E-state index contributed by atoms with van der Waals surface area (Å²) in [6.45, 7) is -0.169. The molecule has 2 aromatic rings. The van der Waals surface area contributed by atoms with Crippen LogP contribution < -0.4 is 5.32 Å². The van der Waals surface area contributed by atoms with Crippen molar-refractivity contribution in [2.75, 3.05) is 0 Å². The number of H-pyrrole nitrogens is 1. The van der Waals surface area contributed by atoms with Gasteiger partial charge in [-0.1, -0.05) is 30.3 Å². The van der Waals surface area contributed by atoms with Crippen molar-refractivity contribution in [2.45, 2.75) is 37.8 Å². The van der Waals surface area contributed by atoms with Gasteiger partial charge in [0.15, 0.2) is 0 Å². The topological polar surface area (TPSA) is 79.9 Å². The summed E-state index contributed by atoms with van der Waals surface area (Å²) >= 11 is 0. The molecule has 1 fully saturated rings. The molecule has 1 aliphatic heterocycles. The second-order valence-electron chi connectivity index (χ2n) is 5.42. The molecule has 1 aromatic heterocycles. The number of aromatic nitrogens is 3. The maximum atomic E-state index is 12.4. The zero-order chi connectivity index (χ0) is 17.2. The molecule has 2 atom stereocenters. The summed E-state index contributed by atoms with van der Waals surface area (Å²) in [7, 11) is 0. The summed E-state index contributed by atoms with van der Waals surface area (Å²) in [6.07, 6.45) is -4.13. The second-order valence-corrected chi connectivity index (χ2v) is 5.42. The summed E-state index contributed by atoms with van der Waals surface area (Å²) < 4.78 is 42.9. The van der Waals surface area contributed by atoms with Crippen LogP contribution in [0.2, 0.25) is 0 Å². The maximum Gasteiger partial charge on any atom is 0.453 e. The van der Waals surface area contributed by atoms with Crippen LogP contribution in [0.3, 0.4) is 0 Å². The summed E-state index contributed by atoms with van der Waals surface area (Å²) in [5.74, 6) is -1.69. The molecule has 0 aliphatic carbocycles. The van der Waals surface area contributed by atoms with Gasteiger partial charge in [-0.05, 0) is 18.4 Å². The quantitative estimate of drug-likeness (QED) is 0.895. The van der Waals surface area contributed by atoms with Gasteiger partial charge in [0, 0.05) is 0 Å². The smallest absolute Gasteiger partial charge is 0.360 e. The minimum absolute atomic E-state index is 0.0618. The molecule has 0 saturated carbocycles. The number of nitrogens with zero attached hydrogens (tertiary/aromatic N) is 2. The minimum atomic E-state index is -4.61. The summed E-state index contributed by atoms with van der Waals surface area (Å²) in [4.78, 5) is 15.4. The normalized spacial score (nSPS) is 21.0. The molecule has 24 heavy (non-hydrogen) atoms. The van der Waals surface area contributed by atoms with Gasteiger partial charge in [0.2, 0.25) is 5.91 Å². The molecule has 0 bridgehead atoms. The maximum absolute atomic E-state index is 12.4. The number of carbonyl (C=O) groups excluding carboxylic acids is 1. The van der Waals surface area contributed by atoms with Gasteiger partial charge in [0.05, 0.1) is 12.6 Å². The molecule has 0 unspecified atom stereocenters. The summed E-state index contributed by atoms with van der Waals surface area (Å²) in [5, 5.41) is 7.74. The zero-order valence-corrected chi connectivity index (χ0v) is 12.5. The van der Waals surface area contributed by atoms with Gasteiger partial charge in [0.25, 0.3) is 5.82 Å². The van der Waals surface area contributed by atoms with Crippen molar-refractivity contribution >= 4 is 5.91 Å². The first-order valence-corrected chi connectivity index (χ1v) is 7.40. The number of alkyl halides is 3. The highest BCUT2D eigenvalue weighted by Gasteiger charge is 2.36. The molecule has 2 N–H and O–H groups in total. The van der Waals surface area contributed by atoms with E-state index in [1.807, 2.05) is 30.3 Å². The van der Waals surface area contributed by atoms with Crippen LogP contribution in [-0.2, 0) is 22.3 Å². The Morgan fingerprint density at radius 2 is 2.04 bits per heavy atom. The minimum Gasteiger partial charge on any atom is -0.360 e. The average Bonchev–Trinajstić information content (AvgIpc) is 3.22. The lowest BCUT2D eigenvalue weighted by Crippen LogP contribution is -2.34. The Kier molecular flexibility index (Phi) is 4.52. The molecule has 1 amide bonds. The number of rotatable bonds is 4. The predicted molar refractivity (Wildman–Crippen MR) is 76.5 cm³/mol. The lowest BCUT2D eigenvalue weighted by Gasteiger charge is -2.13. The number of halogens is 3. The largest absolute Gasteiger partial charge is 0.453 e. The molecular formula is C15H15F3N4O2. The molecule has 6 nitrogen and oxygen atoms in total. The molecule has 3 rings (SSSR count). The van der Waals surface area contributed by atoms with Crippen molar-refractivity contribution in [3.05, 3.63) is 47.5 Å². The van der Waals surface area contributed by atoms with Crippen molar-refractivity contribution in [3.8, 4) is 0 Å². The number of hydrogen-bond donors (Lipinski definition) is 2. The lowest BCUT2D eigenvalue weighted by molar-refractivity contribution is -0.144. The Bertz CT molecular complexity index is 702. The highest BCUT2D eigenvalue weighted by atomic mass is 19.4. The Morgan fingerprint density at radius 3 is 2.71 bits per heavy atom. The van der Waals surface area contributed by atoms with E-state index < -0.39 is 18.1 Å². The zero-order valence-electron chi connectivity index (χ0n) is 12.5. The highest BCUT2D eigenvalue weighted by molar-refractivity contribution is 5.80. The Hall–Kier alpha value is -2.42. The van der Waals surface area contributed by atoms with Gasteiger partial charge in [-0.3, -0.25) is 9.89 Å². The van der Waals surface area contributed by atoms with E-state index in [-0.39, 0.29) is 24.4 Å². The van der Waals surface area contributed by atoms with Gasteiger partial charge >= 0.3 is 6.18 Å². The number of benzene rings is 1. The van der Waals surface area contributed by atoms with E-state index in [1.165, 1.54) is 0 Å². The van der Waals surface area contributed by atoms with E-state index in [1.54, 1.807) is 0 Å². The van der Waals surface area contributed by atoms with E-state index in [0.717, 1.165) is 5.56 Å². The SMILES string of the molecule is O=C(NCc1nc(C(F)(F)F)n[nH]1)[C@H]1CC[C@@H](c2ccccc2)O1. The van der Waals surface area contributed by atoms with Gasteiger partial charge in [0.1, 0.15) is 11.9 Å². The first-order chi connectivity index (χ1) is 11.4. The van der Waals surface area contributed by atoms with Gasteiger partial charge in [-0.25, -0.2) is 4.98 Å². The van der Waals surface area contributed by atoms with E-state index in [0.29, 0.717) is 12.8 Å². The predicted octanol–water partition coefficient (Wildman–Crippen LogP) is 2.36. The van der Waals surface area contributed by atoms with E-state index in [2.05, 4.69) is 20.5 Å².